The Kier molecular flexibility index (Phi) is 18.2. The Morgan fingerprint density at radius 3 is 1.57 bits per heavy atom. The van der Waals surface area contributed by atoms with E-state index in [4.69, 9.17) is 0 Å². The fraction of sp³-hybridized carbons (Fsp3) is 0.800. The minimum atomic E-state index is -3.16. The molecule has 0 aromatic heterocycles. The molecule has 0 unspecified atom stereocenters. The molecule has 0 N–H and O–H groups in total. The summed E-state index contributed by atoms with van der Waals surface area (Å²) in [5.41, 5.74) is 1.10. The maximum absolute atomic E-state index is 13.2. The number of hydrogen-bond donors (Lipinski definition) is 0. The van der Waals surface area contributed by atoms with Crippen LogP contribution in [0.4, 0.5) is 4.39 Å². The second kappa shape index (κ2) is 19.5. The van der Waals surface area contributed by atoms with Crippen molar-refractivity contribution in [2.75, 3.05) is 39.0 Å². The van der Waals surface area contributed by atoms with E-state index in [1.165, 1.54) is 95.6 Å². The molecule has 1 aliphatic heterocycles. The highest BCUT2D eigenvalue weighted by molar-refractivity contribution is 7.89. The van der Waals surface area contributed by atoms with E-state index >= 15 is 0 Å². The summed E-state index contributed by atoms with van der Waals surface area (Å²) in [4.78, 5) is 0. The first kappa shape index (κ1) is 34.5. The van der Waals surface area contributed by atoms with E-state index in [1.54, 1.807) is 4.31 Å². The molecule has 4 nitrogen and oxygen atoms in total. The summed E-state index contributed by atoms with van der Waals surface area (Å²) in [5.74, 6) is 0.0685. The van der Waals surface area contributed by atoms with E-state index in [0.29, 0.717) is 13.1 Å². The number of likely N-dealkylation sites (N-methyl/N-ethyl adjacent to an activating group) is 1. The summed E-state index contributed by atoms with van der Waals surface area (Å²) >= 11 is 0. The largest absolute Gasteiger partial charge is 1.00 e. The summed E-state index contributed by atoms with van der Waals surface area (Å²) in [6, 6.07) is 6.67. The van der Waals surface area contributed by atoms with Crippen LogP contribution in [0.3, 0.4) is 0 Å². The van der Waals surface area contributed by atoms with Gasteiger partial charge in [-0.05, 0) is 18.6 Å². The summed E-state index contributed by atoms with van der Waals surface area (Å²) in [6.07, 6.45) is 20.7. The zero-order valence-electron chi connectivity index (χ0n) is 23.7. The number of benzene rings is 1. The maximum Gasteiger partial charge on any atom is 0.214 e. The normalized spacial score (nSPS) is 16.0. The smallest absolute Gasteiger partial charge is 0.214 e. The van der Waals surface area contributed by atoms with Gasteiger partial charge in [-0.3, -0.25) is 0 Å². The Bertz CT molecular complexity index is 796. The molecule has 0 bridgehead atoms. The van der Waals surface area contributed by atoms with Gasteiger partial charge >= 0.3 is 0 Å². The molecule has 2 rings (SSSR count). The van der Waals surface area contributed by atoms with Crippen molar-refractivity contribution in [2.45, 2.75) is 116 Å². The van der Waals surface area contributed by atoms with Crippen molar-refractivity contribution in [1.29, 1.82) is 0 Å². The lowest BCUT2D eigenvalue weighted by molar-refractivity contribution is -0.925. The van der Waals surface area contributed by atoms with E-state index in [0.717, 1.165) is 48.9 Å². The van der Waals surface area contributed by atoms with Crippen molar-refractivity contribution < 1.29 is 34.3 Å². The van der Waals surface area contributed by atoms with Crippen LogP contribution in [0.2, 0.25) is 0 Å². The van der Waals surface area contributed by atoms with Crippen LogP contribution in [0.15, 0.2) is 24.3 Å². The molecular formula is C30H54BrFN2O2S. The first-order valence-corrected chi connectivity index (χ1v) is 16.5. The van der Waals surface area contributed by atoms with Gasteiger partial charge in [-0.2, -0.15) is 4.31 Å². The molecule has 1 heterocycles. The van der Waals surface area contributed by atoms with Crippen LogP contribution in [0.1, 0.15) is 115 Å². The molecule has 7 heteroatoms. The second-order valence-electron chi connectivity index (χ2n) is 11.4. The lowest BCUT2D eigenvalue weighted by Crippen LogP contribution is -3.00. The average Bonchev–Trinajstić information content (AvgIpc) is 2.85. The third-order valence-corrected chi connectivity index (χ3v) is 9.86. The van der Waals surface area contributed by atoms with Crippen LogP contribution in [-0.4, -0.2) is 56.2 Å². The van der Waals surface area contributed by atoms with Crippen molar-refractivity contribution in [3.63, 3.8) is 0 Å². The van der Waals surface area contributed by atoms with Gasteiger partial charge in [0.1, 0.15) is 12.4 Å². The Labute approximate surface area is 238 Å². The van der Waals surface area contributed by atoms with Crippen LogP contribution in [-0.2, 0) is 16.6 Å². The molecule has 1 fully saturated rings. The highest BCUT2D eigenvalue weighted by atomic mass is 79.9. The Balaban J connectivity index is 0.00000684. The molecule has 0 atom stereocenters. The highest BCUT2D eigenvalue weighted by Crippen LogP contribution is 2.19. The van der Waals surface area contributed by atoms with Crippen molar-refractivity contribution in [1.82, 2.24) is 4.31 Å². The van der Waals surface area contributed by atoms with Gasteiger partial charge in [-0.1, -0.05) is 115 Å². The van der Waals surface area contributed by atoms with Gasteiger partial charge < -0.3 is 21.5 Å². The van der Waals surface area contributed by atoms with Gasteiger partial charge in [0, 0.05) is 5.56 Å². The van der Waals surface area contributed by atoms with Crippen LogP contribution < -0.4 is 17.0 Å². The van der Waals surface area contributed by atoms with Crippen molar-refractivity contribution in [3.8, 4) is 0 Å². The van der Waals surface area contributed by atoms with Crippen molar-refractivity contribution >= 4 is 10.0 Å². The predicted molar refractivity (Wildman–Crippen MR) is 151 cm³/mol. The van der Waals surface area contributed by atoms with Crippen LogP contribution in [0.5, 0.6) is 0 Å². The number of hydrogen-bond acceptors (Lipinski definition) is 2. The molecule has 0 amide bonds. The molecule has 37 heavy (non-hydrogen) atoms. The third-order valence-electron chi connectivity index (χ3n) is 7.91. The number of quaternary nitrogens is 1. The van der Waals surface area contributed by atoms with Crippen molar-refractivity contribution in [3.05, 3.63) is 35.6 Å². The monoisotopic (exact) mass is 604 g/mol. The van der Waals surface area contributed by atoms with E-state index in [-0.39, 0.29) is 28.6 Å². The zero-order chi connectivity index (χ0) is 26.1. The SMILES string of the molecule is CCCCCCCCCCCCCCCCCCS(=O)(=O)N1CC[N+](C)(Cc2ccc(F)cc2)CC1.[Br-]. The van der Waals surface area contributed by atoms with Crippen LogP contribution >= 0.6 is 0 Å². The van der Waals surface area contributed by atoms with Gasteiger partial charge in [-0.15, -0.1) is 0 Å². The topological polar surface area (TPSA) is 37.4 Å². The van der Waals surface area contributed by atoms with Crippen LogP contribution in [0, 0.1) is 5.82 Å². The summed E-state index contributed by atoms with van der Waals surface area (Å²) in [7, 11) is -0.988. The minimum absolute atomic E-state index is 0. The highest BCUT2D eigenvalue weighted by Gasteiger charge is 2.34. The predicted octanol–water partition coefficient (Wildman–Crippen LogP) is 4.68. The molecule has 0 spiro atoms. The lowest BCUT2D eigenvalue weighted by Gasteiger charge is -2.41. The molecule has 1 aromatic rings. The van der Waals surface area contributed by atoms with Gasteiger partial charge in [-0.25, -0.2) is 12.8 Å². The fourth-order valence-electron chi connectivity index (χ4n) is 5.36. The molecule has 0 aliphatic carbocycles. The van der Waals surface area contributed by atoms with Crippen LogP contribution in [0.25, 0.3) is 0 Å². The summed E-state index contributed by atoms with van der Waals surface area (Å²) < 4.78 is 41.3. The number of rotatable bonds is 20. The van der Waals surface area contributed by atoms with Gasteiger partial charge in [0.05, 0.1) is 39.0 Å². The van der Waals surface area contributed by atoms with Gasteiger partial charge in [0.2, 0.25) is 10.0 Å². The zero-order valence-corrected chi connectivity index (χ0v) is 26.1. The Morgan fingerprint density at radius 1 is 0.730 bits per heavy atom. The molecule has 1 aliphatic rings. The van der Waals surface area contributed by atoms with E-state index in [9.17, 15) is 12.8 Å². The molecular weight excluding hydrogens is 551 g/mol. The van der Waals surface area contributed by atoms with E-state index in [2.05, 4.69) is 14.0 Å². The first-order chi connectivity index (χ1) is 17.3. The fourth-order valence-corrected chi connectivity index (χ4v) is 6.90. The number of sulfonamides is 1. The average molecular weight is 606 g/mol. The third kappa shape index (κ3) is 15.0. The standard InChI is InChI=1S/C30H54FN2O2S.BrH/c1-3-4-5-6-7-8-9-10-11-12-13-14-15-16-17-18-27-36(34,35)32-23-25-33(2,26-24-32)28-29-19-21-30(31)22-20-29;/h19-22H,3-18,23-28H2,1-2H3;1H/q+1;/p-1. The van der Waals surface area contributed by atoms with E-state index < -0.39 is 10.0 Å². The van der Waals surface area contributed by atoms with Crippen molar-refractivity contribution in [2.24, 2.45) is 0 Å². The number of halogens is 2. The molecule has 0 radical (unpaired) electrons. The minimum Gasteiger partial charge on any atom is -1.00 e. The van der Waals surface area contributed by atoms with Gasteiger partial charge in [0.25, 0.3) is 0 Å². The second-order valence-corrected chi connectivity index (χ2v) is 13.5. The Hall–Kier alpha value is -0.500. The van der Waals surface area contributed by atoms with E-state index in [1.807, 2.05) is 12.1 Å². The lowest BCUT2D eigenvalue weighted by atomic mass is 10.0. The molecule has 0 saturated carbocycles. The molecule has 1 saturated heterocycles. The number of piperazine rings is 1. The quantitative estimate of drug-likeness (QED) is 0.160. The summed E-state index contributed by atoms with van der Waals surface area (Å²) in [5, 5.41) is 0. The number of nitrogens with zero attached hydrogens (tertiary/aromatic N) is 2. The molecule has 216 valence electrons. The van der Waals surface area contributed by atoms with Gasteiger partial charge in [0.15, 0.2) is 0 Å². The number of unbranched alkanes of at least 4 members (excludes halogenated alkanes) is 15. The first-order valence-electron chi connectivity index (χ1n) is 14.9. The Morgan fingerprint density at radius 2 is 1.14 bits per heavy atom. The maximum atomic E-state index is 13.2. The molecule has 1 aromatic carbocycles. The summed E-state index contributed by atoms with van der Waals surface area (Å²) in [6.45, 7) is 5.85.